The number of rotatable bonds is 5. The summed E-state index contributed by atoms with van der Waals surface area (Å²) in [6, 6.07) is 5.63. The monoisotopic (exact) mass is 410 g/mol. The molecule has 0 radical (unpaired) electrons. The molecule has 0 unspecified atom stereocenters. The van der Waals surface area contributed by atoms with Crippen molar-refractivity contribution in [3.63, 3.8) is 0 Å². The predicted octanol–water partition coefficient (Wildman–Crippen LogP) is 3.10. The molecule has 4 rings (SSSR count). The Labute approximate surface area is 172 Å². The van der Waals surface area contributed by atoms with Crippen molar-refractivity contribution in [1.82, 2.24) is 25.1 Å². The minimum Gasteiger partial charge on any atom is -0.486 e. The van der Waals surface area contributed by atoms with Crippen LogP contribution in [0.5, 0.6) is 5.75 Å². The Morgan fingerprint density at radius 3 is 2.83 bits per heavy atom. The third-order valence-corrected chi connectivity index (χ3v) is 4.90. The lowest BCUT2D eigenvalue weighted by Crippen LogP contribution is -2.19. The molecular weight excluding hydrogens is 392 g/mol. The number of aromatic nitrogens is 5. The molecule has 1 aliphatic carbocycles. The zero-order valence-corrected chi connectivity index (χ0v) is 16.4. The van der Waals surface area contributed by atoms with E-state index in [9.17, 15) is 0 Å². The number of aryl methyl sites for hydroxylation is 1. The summed E-state index contributed by atoms with van der Waals surface area (Å²) >= 11 is 6.47. The van der Waals surface area contributed by atoms with Gasteiger partial charge in [-0.25, -0.2) is 15.0 Å². The smallest absolute Gasteiger partial charge is 0.166 e. The summed E-state index contributed by atoms with van der Waals surface area (Å²) in [5.41, 5.74) is 8.25. The number of hydrogen-bond donors (Lipinski definition) is 3. The van der Waals surface area contributed by atoms with Gasteiger partial charge in [0.05, 0.1) is 23.1 Å². The van der Waals surface area contributed by atoms with Crippen molar-refractivity contribution in [2.75, 3.05) is 5.32 Å². The fourth-order valence-electron chi connectivity index (χ4n) is 3.25. The zero-order chi connectivity index (χ0) is 20.4. The minimum atomic E-state index is 0.0141. The van der Waals surface area contributed by atoms with E-state index in [0.717, 1.165) is 25.0 Å². The SMILES string of the molecule is Cc1cc(Cl)c(O[C@@H]2CC[C@H](N)C2)c(-c2cc(Nc3cnc(C#N)cn3)n[nH]2)n1. The fraction of sp³-hybridized carbons (Fsp3) is 0.316. The Bertz CT molecular complexity index is 1060. The summed E-state index contributed by atoms with van der Waals surface area (Å²) in [6.45, 7) is 1.87. The van der Waals surface area contributed by atoms with Crippen molar-refractivity contribution >= 4 is 23.2 Å². The van der Waals surface area contributed by atoms with Gasteiger partial charge in [-0.1, -0.05) is 11.6 Å². The molecule has 148 valence electrons. The molecule has 0 aromatic carbocycles. The van der Waals surface area contributed by atoms with Crippen LogP contribution in [0.2, 0.25) is 5.02 Å². The number of halogens is 1. The van der Waals surface area contributed by atoms with Crippen molar-refractivity contribution in [3.05, 3.63) is 40.9 Å². The average Bonchev–Trinajstić information content (AvgIpc) is 3.33. The first kappa shape index (κ1) is 19.1. The number of nitriles is 1. The highest BCUT2D eigenvalue weighted by atomic mass is 35.5. The standard InChI is InChI=1S/C19H19ClN8O/c1-10-4-14(20)19(29-13-3-2-11(22)5-13)18(25-10)15-6-16(28-27-15)26-17-9-23-12(7-21)8-24-17/h4,6,8-9,11,13H,2-3,5,22H2,1H3,(H2,24,26,27,28)/t11-,13+/m0/s1. The van der Waals surface area contributed by atoms with Crippen molar-refractivity contribution in [1.29, 1.82) is 5.26 Å². The minimum absolute atomic E-state index is 0.0141. The van der Waals surface area contributed by atoms with Crippen molar-refractivity contribution < 1.29 is 4.74 Å². The van der Waals surface area contributed by atoms with Gasteiger partial charge in [0.25, 0.3) is 0 Å². The fourth-order valence-corrected chi connectivity index (χ4v) is 3.54. The molecule has 1 fully saturated rings. The van der Waals surface area contributed by atoms with Gasteiger partial charge in [-0.15, -0.1) is 0 Å². The molecule has 10 heteroatoms. The lowest BCUT2D eigenvalue weighted by Gasteiger charge is -2.17. The van der Waals surface area contributed by atoms with E-state index in [1.807, 2.05) is 13.0 Å². The Balaban J connectivity index is 1.60. The molecule has 0 bridgehead atoms. The van der Waals surface area contributed by atoms with Gasteiger partial charge < -0.3 is 15.8 Å². The third-order valence-electron chi connectivity index (χ3n) is 4.62. The van der Waals surface area contributed by atoms with Crippen LogP contribution < -0.4 is 15.8 Å². The first-order valence-electron chi connectivity index (χ1n) is 9.16. The van der Waals surface area contributed by atoms with E-state index in [0.29, 0.717) is 33.8 Å². The highest BCUT2D eigenvalue weighted by Crippen LogP contribution is 2.37. The number of ether oxygens (including phenoxy) is 1. The van der Waals surface area contributed by atoms with Gasteiger partial charge in [-0.05, 0) is 32.3 Å². The maximum atomic E-state index is 8.81. The number of anilines is 2. The van der Waals surface area contributed by atoms with Gasteiger partial charge >= 0.3 is 0 Å². The molecule has 0 saturated heterocycles. The Morgan fingerprint density at radius 2 is 2.14 bits per heavy atom. The van der Waals surface area contributed by atoms with E-state index in [-0.39, 0.29) is 17.8 Å². The van der Waals surface area contributed by atoms with Crippen LogP contribution in [0.25, 0.3) is 11.4 Å². The van der Waals surface area contributed by atoms with Crippen LogP contribution in [0, 0.1) is 18.3 Å². The van der Waals surface area contributed by atoms with E-state index in [1.165, 1.54) is 12.4 Å². The lowest BCUT2D eigenvalue weighted by molar-refractivity contribution is 0.208. The van der Waals surface area contributed by atoms with E-state index in [1.54, 1.807) is 12.1 Å². The summed E-state index contributed by atoms with van der Waals surface area (Å²) in [7, 11) is 0. The maximum absolute atomic E-state index is 8.81. The number of pyridine rings is 1. The Morgan fingerprint density at radius 1 is 1.28 bits per heavy atom. The van der Waals surface area contributed by atoms with E-state index in [2.05, 4.69) is 30.5 Å². The number of nitrogens with one attached hydrogen (secondary N) is 2. The second kappa shape index (κ2) is 8.03. The van der Waals surface area contributed by atoms with Crippen molar-refractivity contribution in [3.8, 4) is 23.2 Å². The Kier molecular flexibility index (Phi) is 5.29. The quantitative estimate of drug-likeness (QED) is 0.583. The van der Waals surface area contributed by atoms with Gasteiger partial charge in [-0.2, -0.15) is 10.4 Å². The maximum Gasteiger partial charge on any atom is 0.166 e. The molecular formula is C19H19ClN8O. The molecule has 0 amide bonds. The number of aromatic amines is 1. The summed E-state index contributed by atoms with van der Waals surface area (Å²) in [6.07, 6.45) is 5.47. The van der Waals surface area contributed by atoms with Gasteiger partial charge in [0.15, 0.2) is 17.3 Å². The summed E-state index contributed by atoms with van der Waals surface area (Å²) < 4.78 is 6.17. The number of nitrogens with zero attached hydrogens (tertiary/aromatic N) is 5. The molecule has 2 atom stereocenters. The molecule has 0 aliphatic heterocycles. The van der Waals surface area contributed by atoms with Gasteiger partial charge in [0, 0.05) is 17.8 Å². The molecule has 4 N–H and O–H groups in total. The van der Waals surface area contributed by atoms with Crippen LogP contribution in [0.4, 0.5) is 11.6 Å². The third kappa shape index (κ3) is 4.29. The molecule has 0 spiro atoms. The second-order valence-corrected chi connectivity index (χ2v) is 7.33. The summed E-state index contributed by atoms with van der Waals surface area (Å²) in [5.74, 6) is 1.51. The van der Waals surface area contributed by atoms with Crippen LogP contribution in [-0.2, 0) is 0 Å². The van der Waals surface area contributed by atoms with Crippen molar-refractivity contribution in [2.24, 2.45) is 5.73 Å². The number of H-pyrrole nitrogens is 1. The first-order valence-corrected chi connectivity index (χ1v) is 9.54. The second-order valence-electron chi connectivity index (χ2n) is 6.93. The summed E-state index contributed by atoms with van der Waals surface area (Å²) in [4.78, 5) is 12.7. The van der Waals surface area contributed by atoms with Gasteiger partial charge in [-0.3, -0.25) is 5.10 Å². The van der Waals surface area contributed by atoms with E-state index in [4.69, 9.17) is 27.3 Å². The van der Waals surface area contributed by atoms with E-state index >= 15 is 0 Å². The molecule has 3 heterocycles. The van der Waals surface area contributed by atoms with Crippen LogP contribution in [0.1, 0.15) is 30.7 Å². The van der Waals surface area contributed by atoms with Crippen LogP contribution >= 0.6 is 11.6 Å². The van der Waals surface area contributed by atoms with Gasteiger partial charge in [0.1, 0.15) is 23.7 Å². The zero-order valence-electron chi connectivity index (χ0n) is 15.7. The molecule has 9 nitrogen and oxygen atoms in total. The molecule has 29 heavy (non-hydrogen) atoms. The summed E-state index contributed by atoms with van der Waals surface area (Å²) in [5, 5.41) is 19.5. The first-order chi connectivity index (χ1) is 14.0. The van der Waals surface area contributed by atoms with Crippen molar-refractivity contribution in [2.45, 2.75) is 38.3 Å². The van der Waals surface area contributed by atoms with Gasteiger partial charge in [0.2, 0.25) is 0 Å². The lowest BCUT2D eigenvalue weighted by atomic mass is 10.2. The van der Waals surface area contributed by atoms with Crippen LogP contribution in [0.3, 0.4) is 0 Å². The molecule has 1 aliphatic rings. The molecule has 3 aromatic rings. The normalized spacial score (nSPS) is 18.4. The van der Waals surface area contributed by atoms with Crippen LogP contribution in [-0.4, -0.2) is 37.3 Å². The molecule has 1 saturated carbocycles. The van der Waals surface area contributed by atoms with Crippen LogP contribution in [0.15, 0.2) is 24.5 Å². The average molecular weight is 411 g/mol. The van der Waals surface area contributed by atoms with E-state index < -0.39 is 0 Å². The number of hydrogen-bond acceptors (Lipinski definition) is 8. The number of nitrogens with two attached hydrogens (primary N) is 1. The Hall–Kier alpha value is -3.22. The largest absolute Gasteiger partial charge is 0.486 e. The topological polar surface area (TPSA) is 138 Å². The predicted molar refractivity (Wildman–Crippen MR) is 108 cm³/mol. The highest BCUT2D eigenvalue weighted by molar-refractivity contribution is 6.32. The molecule has 3 aromatic heterocycles. The highest BCUT2D eigenvalue weighted by Gasteiger charge is 2.26.